The molecule has 0 rings (SSSR count). The molecule has 0 radical (unpaired) electrons. The quantitative estimate of drug-likeness (QED) is 0.377. The fraction of sp³-hybridized carbons (Fsp3) is 0.571. The van der Waals surface area contributed by atoms with Gasteiger partial charge >= 0.3 is 12.2 Å². The summed E-state index contributed by atoms with van der Waals surface area (Å²) in [5.74, 6) is 0. The van der Waals surface area contributed by atoms with Gasteiger partial charge in [-0.15, -0.1) is 0 Å². The third-order valence-corrected chi connectivity index (χ3v) is 1.05. The first kappa shape index (κ1) is 12.8. The van der Waals surface area contributed by atoms with Gasteiger partial charge in [-0.1, -0.05) is 0 Å². The molecule has 0 atom stereocenters. The molecule has 0 fully saturated rings. The standard InChI is InChI=1S/C7H11N3O5/c1-2-9-6(11)14-5-15-7(12)10-4-13-3-8/h2,4-5H2,1H3,(H,9,11)(H,10,12). The van der Waals surface area contributed by atoms with Gasteiger partial charge in [0.05, 0.1) is 0 Å². The summed E-state index contributed by atoms with van der Waals surface area (Å²) in [5.41, 5.74) is 0. The van der Waals surface area contributed by atoms with Crippen molar-refractivity contribution in [2.75, 3.05) is 20.1 Å². The van der Waals surface area contributed by atoms with Gasteiger partial charge in [-0.25, -0.2) is 9.59 Å². The zero-order valence-electron chi connectivity index (χ0n) is 8.11. The highest BCUT2D eigenvalue weighted by atomic mass is 16.7. The molecule has 84 valence electrons. The molecule has 2 N–H and O–H groups in total. The van der Waals surface area contributed by atoms with Gasteiger partial charge < -0.3 is 19.5 Å². The summed E-state index contributed by atoms with van der Waals surface area (Å²) in [6.45, 7) is 1.33. The number of nitrogens with one attached hydrogen (secondary N) is 2. The van der Waals surface area contributed by atoms with Crippen LogP contribution < -0.4 is 10.6 Å². The van der Waals surface area contributed by atoms with E-state index in [1.807, 2.05) is 0 Å². The number of hydrogen-bond donors (Lipinski definition) is 2. The van der Waals surface area contributed by atoms with Gasteiger partial charge in [-0.2, -0.15) is 5.26 Å². The molecular formula is C7H11N3O5. The van der Waals surface area contributed by atoms with Crippen LogP contribution in [0.1, 0.15) is 6.92 Å². The van der Waals surface area contributed by atoms with Crippen LogP contribution in [0.15, 0.2) is 0 Å². The maximum absolute atomic E-state index is 10.7. The van der Waals surface area contributed by atoms with Crippen molar-refractivity contribution in [3.8, 4) is 6.26 Å². The summed E-state index contributed by atoms with van der Waals surface area (Å²) < 4.78 is 12.9. The summed E-state index contributed by atoms with van der Waals surface area (Å²) in [6.07, 6.45) is -0.186. The molecule has 0 bridgehead atoms. The van der Waals surface area contributed by atoms with Crippen LogP contribution in [0.25, 0.3) is 0 Å². The molecule has 15 heavy (non-hydrogen) atoms. The Kier molecular flexibility index (Phi) is 7.21. The van der Waals surface area contributed by atoms with E-state index >= 15 is 0 Å². The number of amides is 2. The number of nitriles is 1. The lowest BCUT2D eigenvalue weighted by Gasteiger charge is -2.06. The predicted molar refractivity (Wildman–Crippen MR) is 46.2 cm³/mol. The molecule has 0 aliphatic rings. The number of rotatable bonds is 5. The summed E-state index contributed by atoms with van der Waals surface area (Å²) in [7, 11) is 0. The first-order valence-corrected chi connectivity index (χ1v) is 4.02. The first-order chi connectivity index (χ1) is 7.20. The lowest BCUT2D eigenvalue weighted by Crippen LogP contribution is -2.29. The van der Waals surface area contributed by atoms with Crippen LogP contribution in [0.3, 0.4) is 0 Å². The summed E-state index contributed by atoms with van der Waals surface area (Å²) >= 11 is 0. The Morgan fingerprint density at radius 3 is 2.40 bits per heavy atom. The molecule has 8 nitrogen and oxygen atoms in total. The molecule has 0 saturated carbocycles. The van der Waals surface area contributed by atoms with Crippen molar-refractivity contribution in [2.45, 2.75) is 6.92 Å². The van der Waals surface area contributed by atoms with Crippen molar-refractivity contribution in [1.29, 1.82) is 5.26 Å². The van der Waals surface area contributed by atoms with Gasteiger partial charge in [0.15, 0.2) is 6.73 Å². The van der Waals surface area contributed by atoms with Crippen LogP contribution in [-0.4, -0.2) is 32.3 Å². The Morgan fingerprint density at radius 2 is 1.87 bits per heavy atom. The van der Waals surface area contributed by atoms with Crippen LogP contribution in [0.4, 0.5) is 9.59 Å². The fourth-order valence-corrected chi connectivity index (χ4v) is 0.510. The average molecular weight is 217 g/mol. The van der Waals surface area contributed by atoms with Crippen molar-refractivity contribution in [1.82, 2.24) is 10.6 Å². The Labute approximate surface area is 86.1 Å². The Balaban J connectivity index is 3.39. The summed E-state index contributed by atoms with van der Waals surface area (Å²) in [5, 5.41) is 12.3. The van der Waals surface area contributed by atoms with Crippen molar-refractivity contribution in [2.24, 2.45) is 0 Å². The second-order valence-corrected chi connectivity index (χ2v) is 2.07. The Bertz CT molecular complexity index is 250. The van der Waals surface area contributed by atoms with E-state index in [1.165, 1.54) is 6.26 Å². The minimum Gasteiger partial charge on any atom is -0.412 e. The van der Waals surface area contributed by atoms with Crippen molar-refractivity contribution < 1.29 is 23.8 Å². The molecular weight excluding hydrogens is 206 g/mol. The van der Waals surface area contributed by atoms with Crippen LogP contribution >= 0.6 is 0 Å². The Morgan fingerprint density at radius 1 is 1.27 bits per heavy atom. The SMILES string of the molecule is CCNC(=O)OCOC(=O)NCOC#N. The highest BCUT2D eigenvalue weighted by Crippen LogP contribution is 1.82. The van der Waals surface area contributed by atoms with E-state index in [2.05, 4.69) is 24.8 Å². The lowest BCUT2D eigenvalue weighted by molar-refractivity contribution is 0.0219. The van der Waals surface area contributed by atoms with E-state index in [9.17, 15) is 9.59 Å². The number of carbonyl (C=O) groups is 2. The Hall–Kier alpha value is -2.17. The molecule has 0 heterocycles. The topological polar surface area (TPSA) is 110 Å². The molecule has 2 amide bonds. The van der Waals surface area contributed by atoms with Gasteiger partial charge in [-0.3, -0.25) is 5.32 Å². The van der Waals surface area contributed by atoms with Crippen LogP contribution in [0, 0.1) is 11.5 Å². The molecule has 0 saturated heterocycles. The van der Waals surface area contributed by atoms with Crippen molar-refractivity contribution in [3.63, 3.8) is 0 Å². The van der Waals surface area contributed by atoms with Gasteiger partial charge in [0.25, 0.3) is 6.26 Å². The van der Waals surface area contributed by atoms with Crippen molar-refractivity contribution in [3.05, 3.63) is 0 Å². The van der Waals surface area contributed by atoms with Crippen LogP contribution in [-0.2, 0) is 14.2 Å². The number of nitrogens with zero attached hydrogens (tertiary/aromatic N) is 1. The minimum atomic E-state index is -0.852. The highest BCUT2D eigenvalue weighted by Gasteiger charge is 2.03. The largest absolute Gasteiger partial charge is 0.412 e. The predicted octanol–water partition coefficient (Wildman–Crippen LogP) is -0.129. The second kappa shape index (κ2) is 8.43. The highest BCUT2D eigenvalue weighted by molar-refractivity contribution is 5.68. The van der Waals surface area contributed by atoms with E-state index in [0.717, 1.165) is 0 Å². The van der Waals surface area contributed by atoms with Crippen LogP contribution in [0.5, 0.6) is 0 Å². The van der Waals surface area contributed by atoms with Crippen LogP contribution in [0.2, 0.25) is 0 Å². The number of ether oxygens (including phenoxy) is 3. The molecule has 8 heteroatoms. The van der Waals surface area contributed by atoms with Gasteiger partial charge in [0, 0.05) is 6.54 Å². The first-order valence-electron chi connectivity index (χ1n) is 4.02. The molecule has 0 aliphatic heterocycles. The normalized spacial score (nSPS) is 8.27. The molecule has 0 aliphatic carbocycles. The van der Waals surface area contributed by atoms with Crippen molar-refractivity contribution >= 4 is 12.2 Å². The van der Waals surface area contributed by atoms with E-state index in [-0.39, 0.29) is 6.73 Å². The lowest BCUT2D eigenvalue weighted by atomic mass is 10.8. The maximum Gasteiger partial charge on any atom is 0.412 e. The van der Waals surface area contributed by atoms with Gasteiger partial charge in [0.2, 0.25) is 6.79 Å². The minimum absolute atomic E-state index is 0.295. The molecule has 0 unspecified atom stereocenters. The number of carbonyl (C=O) groups excluding carboxylic acids is 2. The van der Waals surface area contributed by atoms with E-state index in [0.29, 0.717) is 6.54 Å². The molecule has 0 aromatic carbocycles. The van der Waals surface area contributed by atoms with E-state index < -0.39 is 19.0 Å². The number of hydrogen-bond acceptors (Lipinski definition) is 6. The van der Waals surface area contributed by atoms with E-state index in [1.54, 1.807) is 6.92 Å². The smallest absolute Gasteiger partial charge is 0.412 e. The van der Waals surface area contributed by atoms with E-state index in [4.69, 9.17) is 5.26 Å². The summed E-state index contributed by atoms with van der Waals surface area (Å²) in [4.78, 5) is 21.4. The monoisotopic (exact) mass is 217 g/mol. The number of alkyl carbamates (subject to hydrolysis) is 2. The van der Waals surface area contributed by atoms with Gasteiger partial charge in [-0.05, 0) is 6.92 Å². The molecule has 0 aromatic heterocycles. The third-order valence-electron chi connectivity index (χ3n) is 1.05. The maximum atomic E-state index is 10.7. The zero-order chi connectivity index (χ0) is 11.5. The second-order valence-electron chi connectivity index (χ2n) is 2.07. The third kappa shape index (κ3) is 8.17. The fourth-order valence-electron chi connectivity index (χ4n) is 0.510. The van der Waals surface area contributed by atoms with Gasteiger partial charge in [0.1, 0.15) is 0 Å². The zero-order valence-corrected chi connectivity index (χ0v) is 8.11. The summed E-state index contributed by atoms with van der Waals surface area (Å²) in [6, 6.07) is 0. The molecule has 0 spiro atoms. The average Bonchev–Trinajstić information content (AvgIpc) is 2.18. The molecule has 0 aromatic rings.